The van der Waals surface area contributed by atoms with Gasteiger partial charge in [0, 0.05) is 16.8 Å². The lowest BCUT2D eigenvalue weighted by Crippen LogP contribution is -2.38. The van der Waals surface area contributed by atoms with Crippen LogP contribution in [0, 0.1) is 12.7 Å². The number of carbonyl (C=O) groups excluding carboxylic acids is 2. The summed E-state index contributed by atoms with van der Waals surface area (Å²) < 4.78 is 14.8. The summed E-state index contributed by atoms with van der Waals surface area (Å²) in [6.07, 6.45) is 1.67. The highest BCUT2D eigenvalue weighted by atomic mass is 19.1. The molecule has 7 heteroatoms. The van der Waals surface area contributed by atoms with E-state index >= 15 is 0 Å². The van der Waals surface area contributed by atoms with Crippen LogP contribution in [0.4, 0.5) is 4.39 Å². The summed E-state index contributed by atoms with van der Waals surface area (Å²) >= 11 is 0. The molecule has 1 atom stereocenters. The number of amides is 2. The monoisotopic (exact) mass is 380 g/mol. The van der Waals surface area contributed by atoms with Crippen LogP contribution in [0.1, 0.15) is 34.6 Å². The van der Waals surface area contributed by atoms with Crippen LogP contribution < -0.4 is 10.6 Å². The van der Waals surface area contributed by atoms with E-state index in [-0.39, 0.29) is 30.2 Å². The molecular formula is C21H21FN4O2. The molecule has 1 aromatic heterocycles. The Labute approximate surface area is 162 Å². The first-order valence-corrected chi connectivity index (χ1v) is 8.89. The minimum absolute atomic E-state index is 0.122. The highest BCUT2D eigenvalue weighted by Crippen LogP contribution is 2.20. The van der Waals surface area contributed by atoms with Crippen LogP contribution in [0.5, 0.6) is 0 Å². The average Bonchev–Trinajstić information content (AvgIpc) is 3.09. The zero-order valence-corrected chi connectivity index (χ0v) is 15.6. The lowest BCUT2D eigenvalue weighted by atomic mass is 10.1. The first-order valence-electron chi connectivity index (χ1n) is 8.89. The molecule has 2 amide bonds. The minimum Gasteiger partial charge on any atom is -0.348 e. The number of benzene rings is 2. The van der Waals surface area contributed by atoms with Gasteiger partial charge in [-0.1, -0.05) is 18.2 Å². The van der Waals surface area contributed by atoms with Gasteiger partial charge < -0.3 is 10.6 Å². The summed E-state index contributed by atoms with van der Waals surface area (Å²) in [5.41, 5.74) is 2.92. The van der Waals surface area contributed by atoms with E-state index in [2.05, 4.69) is 15.7 Å². The summed E-state index contributed by atoms with van der Waals surface area (Å²) in [6.45, 7) is 3.60. The molecule has 3 rings (SSSR count). The fourth-order valence-electron chi connectivity index (χ4n) is 2.91. The smallest absolute Gasteiger partial charge is 0.251 e. The number of hydrogen-bond acceptors (Lipinski definition) is 3. The number of hydrogen-bond donors (Lipinski definition) is 2. The normalized spacial score (nSPS) is 11.7. The van der Waals surface area contributed by atoms with E-state index < -0.39 is 0 Å². The fourth-order valence-corrected chi connectivity index (χ4v) is 2.91. The molecule has 0 spiro atoms. The van der Waals surface area contributed by atoms with Gasteiger partial charge in [0.1, 0.15) is 5.82 Å². The first-order chi connectivity index (χ1) is 13.5. The van der Waals surface area contributed by atoms with Crippen molar-refractivity contribution in [2.45, 2.75) is 19.9 Å². The first kappa shape index (κ1) is 19.3. The molecule has 0 aliphatic carbocycles. The van der Waals surface area contributed by atoms with Crippen molar-refractivity contribution in [3.8, 4) is 5.69 Å². The van der Waals surface area contributed by atoms with Crippen molar-refractivity contribution in [3.63, 3.8) is 0 Å². The summed E-state index contributed by atoms with van der Waals surface area (Å²) in [5, 5.41) is 9.78. The molecule has 0 aliphatic rings. The molecule has 6 nitrogen and oxygen atoms in total. The number of rotatable bonds is 6. The molecule has 28 heavy (non-hydrogen) atoms. The molecule has 0 fully saturated rings. The molecule has 2 aromatic carbocycles. The minimum atomic E-state index is -0.313. The van der Waals surface area contributed by atoms with Crippen molar-refractivity contribution in [1.82, 2.24) is 20.4 Å². The Kier molecular flexibility index (Phi) is 5.84. The number of nitrogens with one attached hydrogen (secondary N) is 2. The topological polar surface area (TPSA) is 76.0 Å². The second-order valence-electron chi connectivity index (χ2n) is 6.41. The zero-order chi connectivity index (χ0) is 20.1. The molecule has 0 saturated carbocycles. The van der Waals surface area contributed by atoms with Crippen LogP contribution in [0.3, 0.4) is 0 Å². The Hall–Kier alpha value is -3.48. The van der Waals surface area contributed by atoms with Gasteiger partial charge in [0.25, 0.3) is 5.91 Å². The van der Waals surface area contributed by atoms with E-state index in [1.54, 1.807) is 47.3 Å². The standard InChI is InChI=1S/C21H21FN4O2/c1-14(25-20(27)13-23-21(28)16-6-4-3-5-7-16)19-12-24-26(15(19)2)18-10-8-17(22)9-11-18/h3-12,14H,13H2,1-2H3,(H,23,28)(H,25,27). The van der Waals surface area contributed by atoms with E-state index in [9.17, 15) is 14.0 Å². The third-order valence-corrected chi connectivity index (χ3v) is 4.41. The Bertz CT molecular complexity index is 968. The summed E-state index contributed by atoms with van der Waals surface area (Å²) in [4.78, 5) is 24.2. The number of halogens is 1. The van der Waals surface area contributed by atoms with Crippen molar-refractivity contribution >= 4 is 11.8 Å². The Morgan fingerprint density at radius 3 is 2.46 bits per heavy atom. The van der Waals surface area contributed by atoms with Crippen molar-refractivity contribution in [2.24, 2.45) is 0 Å². The summed E-state index contributed by atoms with van der Waals surface area (Å²) in [6, 6.07) is 14.4. The van der Waals surface area contributed by atoms with E-state index in [0.717, 1.165) is 16.9 Å². The molecule has 3 aromatic rings. The number of carbonyl (C=O) groups is 2. The highest BCUT2D eigenvalue weighted by molar-refractivity contribution is 5.96. The summed E-state index contributed by atoms with van der Waals surface area (Å²) in [5.74, 6) is -0.915. The second kappa shape index (κ2) is 8.47. The molecule has 0 saturated heterocycles. The van der Waals surface area contributed by atoms with Gasteiger partial charge >= 0.3 is 0 Å². The Balaban J connectivity index is 1.60. The maximum Gasteiger partial charge on any atom is 0.251 e. The maximum absolute atomic E-state index is 13.1. The molecule has 0 radical (unpaired) electrons. The van der Waals surface area contributed by atoms with Gasteiger partial charge in [-0.25, -0.2) is 9.07 Å². The van der Waals surface area contributed by atoms with Gasteiger partial charge in [-0.15, -0.1) is 0 Å². The van der Waals surface area contributed by atoms with Gasteiger partial charge in [-0.05, 0) is 50.2 Å². The van der Waals surface area contributed by atoms with E-state index in [1.807, 2.05) is 19.9 Å². The molecule has 1 heterocycles. The van der Waals surface area contributed by atoms with Gasteiger partial charge in [-0.3, -0.25) is 9.59 Å². The third-order valence-electron chi connectivity index (χ3n) is 4.41. The van der Waals surface area contributed by atoms with Crippen LogP contribution in [0.15, 0.2) is 60.8 Å². The predicted octanol–water partition coefficient (Wildman–Crippen LogP) is 2.93. The van der Waals surface area contributed by atoms with E-state index in [0.29, 0.717) is 5.56 Å². The molecule has 144 valence electrons. The fraction of sp³-hybridized carbons (Fsp3) is 0.190. The third kappa shape index (κ3) is 4.43. The van der Waals surface area contributed by atoms with Gasteiger partial charge in [-0.2, -0.15) is 5.10 Å². The number of nitrogens with zero attached hydrogens (tertiary/aromatic N) is 2. The second-order valence-corrected chi connectivity index (χ2v) is 6.41. The van der Waals surface area contributed by atoms with E-state index in [1.165, 1.54) is 12.1 Å². The average molecular weight is 380 g/mol. The number of aromatic nitrogens is 2. The molecule has 1 unspecified atom stereocenters. The van der Waals surface area contributed by atoms with Crippen LogP contribution in [-0.2, 0) is 4.79 Å². The zero-order valence-electron chi connectivity index (χ0n) is 15.6. The largest absolute Gasteiger partial charge is 0.348 e. The molecular weight excluding hydrogens is 359 g/mol. The molecule has 0 aliphatic heterocycles. The predicted molar refractivity (Wildman–Crippen MR) is 104 cm³/mol. The van der Waals surface area contributed by atoms with Crippen molar-refractivity contribution in [1.29, 1.82) is 0 Å². The SMILES string of the molecule is Cc1c(C(C)NC(=O)CNC(=O)c2ccccc2)cnn1-c1ccc(F)cc1. The lowest BCUT2D eigenvalue weighted by molar-refractivity contribution is -0.120. The summed E-state index contributed by atoms with van der Waals surface area (Å²) in [7, 11) is 0. The maximum atomic E-state index is 13.1. The van der Waals surface area contributed by atoms with Crippen LogP contribution in [0.25, 0.3) is 5.69 Å². The molecule has 2 N–H and O–H groups in total. The quantitative estimate of drug-likeness (QED) is 0.690. The van der Waals surface area contributed by atoms with Crippen LogP contribution in [-0.4, -0.2) is 28.1 Å². The Morgan fingerprint density at radius 2 is 1.79 bits per heavy atom. The van der Waals surface area contributed by atoms with Crippen molar-refractivity contribution < 1.29 is 14.0 Å². The molecule has 0 bridgehead atoms. The lowest BCUT2D eigenvalue weighted by Gasteiger charge is -2.14. The van der Waals surface area contributed by atoms with Crippen molar-refractivity contribution in [2.75, 3.05) is 6.54 Å². The highest BCUT2D eigenvalue weighted by Gasteiger charge is 2.17. The van der Waals surface area contributed by atoms with Gasteiger partial charge in [0.05, 0.1) is 24.5 Å². The Morgan fingerprint density at radius 1 is 1.11 bits per heavy atom. The van der Waals surface area contributed by atoms with Crippen molar-refractivity contribution in [3.05, 3.63) is 83.4 Å². The van der Waals surface area contributed by atoms with E-state index in [4.69, 9.17) is 0 Å². The van der Waals surface area contributed by atoms with Gasteiger partial charge in [0.15, 0.2) is 0 Å². The van der Waals surface area contributed by atoms with Crippen LogP contribution >= 0.6 is 0 Å². The van der Waals surface area contributed by atoms with Crippen LogP contribution in [0.2, 0.25) is 0 Å². The van der Waals surface area contributed by atoms with Gasteiger partial charge in [0.2, 0.25) is 5.91 Å².